The molecule has 2 heterocycles. The highest BCUT2D eigenvalue weighted by atomic mass is 35.5. The number of hydrogen-bond acceptors (Lipinski definition) is 4. The summed E-state index contributed by atoms with van der Waals surface area (Å²) < 4.78 is 6.76. The van der Waals surface area contributed by atoms with E-state index in [4.69, 9.17) is 16.3 Å². The zero-order valence-corrected chi connectivity index (χ0v) is 8.40. The molecule has 0 saturated heterocycles. The molecule has 0 spiro atoms. The topological polar surface area (TPSA) is 52.3 Å². The zero-order chi connectivity index (χ0) is 9.97. The first kappa shape index (κ1) is 9.36. The molecule has 0 N–H and O–H groups in total. The Balaban J connectivity index is 2.37. The van der Waals surface area contributed by atoms with Gasteiger partial charge in [-0.2, -0.15) is 0 Å². The fourth-order valence-electron chi connectivity index (χ4n) is 1.18. The number of aromatic nitrogens is 4. The van der Waals surface area contributed by atoms with Crippen LogP contribution in [0.3, 0.4) is 0 Å². The first-order chi connectivity index (χ1) is 6.81. The lowest BCUT2D eigenvalue weighted by atomic mass is 10.4. The maximum Gasteiger partial charge on any atom is 0.165 e. The highest BCUT2D eigenvalue weighted by Crippen LogP contribution is 2.08. The number of fused-ring (bicyclic) bond motifs is 1. The quantitative estimate of drug-likeness (QED) is 0.712. The van der Waals surface area contributed by atoms with Crippen molar-refractivity contribution in [2.45, 2.75) is 6.42 Å². The third-order valence-electron chi connectivity index (χ3n) is 1.87. The molecule has 0 saturated carbocycles. The fraction of sp³-hybridized carbons (Fsp3) is 0.375. The summed E-state index contributed by atoms with van der Waals surface area (Å²) in [5.41, 5.74) is 0.705. The van der Waals surface area contributed by atoms with Gasteiger partial charge in [0, 0.05) is 19.6 Å². The van der Waals surface area contributed by atoms with Gasteiger partial charge < -0.3 is 4.74 Å². The Morgan fingerprint density at radius 2 is 2.36 bits per heavy atom. The van der Waals surface area contributed by atoms with E-state index in [9.17, 15) is 0 Å². The molecule has 0 aliphatic carbocycles. The van der Waals surface area contributed by atoms with Crippen molar-refractivity contribution in [2.24, 2.45) is 0 Å². The van der Waals surface area contributed by atoms with Gasteiger partial charge in [-0.1, -0.05) is 11.6 Å². The molecule has 2 aromatic heterocycles. The molecule has 0 radical (unpaired) electrons. The maximum atomic E-state index is 5.72. The van der Waals surface area contributed by atoms with Crippen molar-refractivity contribution in [1.29, 1.82) is 0 Å². The molecule has 2 rings (SSSR count). The number of rotatable bonds is 3. The molecule has 6 heteroatoms. The molecule has 74 valence electrons. The van der Waals surface area contributed by atoms with Crippen molar-refractivity contribution in [2.75, 3.05) is 13.7 Å². The van der Waals surface area contributed by atoms with Gasteiger partial charge in [0.2, 0.25) is 0 Å². The van der Waals surface area contributed by atoms with Crippen molar-refractivity contribution in [3.63, 3.8) is 0 Å². The Hall–Kier alpha value is -1.20. The number of methoxy groups -OCH3 is 1. The average molecular weight is 213 g/mol. The summed E-state index contributed by atoms with van der Waals surface area (Å²) in [6.45, 7) is 0.615. The summed E-state index contributed by atoms with van der Waals surface area (Å²) >= 11 is 5.72. The van der Waals surface area contributed by atoms with Crippen LogP contribution in [-0.2, 0) is 11.2 Å². The summed E-state index contributed by atoms with van der Waals surface area (Å²) in [7, 11) is 1.65. The Bertz CT molecular complexity index is 442. The van der Waals surface area contributed by atoms with Crippen LogP contribution >= 0.6 is 11.6 Å². The Morgan fingerprint density at radius 1 is 1.50 bits per heavy atom. The van der Waals surface area contributed by atoms with E-state index in [0.29, 0.717) is 23.8 Å². The predicted octanol–water partition coefficient (Wildman–Crippen LogP) is 0.967. The molecule has 0 aromatic carbocycles. The summed E-state index contributed by atoms with van der Waals surface area (Å²) in [6.07, 6.45) is 2.32. The average Bonchev–Trinajstić information content (AvgIpc) is 2.57. The van der Waals surface area contributed by atoms with E-state index in [-0.39, 0.29) is 0 Å². The van der Waals surface area contributed by atoms with Crippen LogP contribution in [0.15, 0.2) is 12.4 Å². The van der Waals surface area contributed by atoms with Crippen molar-refractivity contribution >= 4 is 17.2 Å². The molecule has 2 aromatic rings. The van der Waals surface area contributed by atoms with Crippen molar-refractivity contribution in [3.05, 3.63) is 23.4 Å². The summed E-state index contributed by atoms with van der Waals surface area (Å²) in [6, 6.07) is 1.67. The SMILES string of the molecule is COCCc1nnc2cc(Cl)ncn12. The van der Waals surface area contributed by atoms with Gasteiger partial charge in [0.25, 0.3) is 0 Å². The van der Waals surface area contributed by atoms with Crippen LogP contribution in [-0.4, -0.2) is 33.3 Å². The normalized spacial score (nSPS) is 11.0. The third-order valence-corrected chi connectivity index (χ3v) is 2.07. The van der Waals surface area contributed by atoms with Gasteiger partial charge in [-0.15, -0.1) is 10.2 Å². The fourth-order valence-corrected chi connectivity index (χ4v) is 1.32. The van der Waals surface area contributed by atoms with Crippen LogP contribution < -0.4 is 0 Å². The molecule has 0 unspecified atom stereocenters. The van der Waals surface area contributed by atoms with Crippen LogP contribution in [0.4, 0.5) is 0 Å². The number of nitrogens with zero attached hydrogens (tertiary/aromatic N) is 4. The van der Waals surface area contributed by atoms with E-state index in [1.165, 1.54) is 0 Å². The summed E-state index contributed by atoms with van der Waals surface area (Å²) in [4.78, 5) is 3.96. The Kier molecular flexibility index (Phi) is 2.60. The number of ether oxygens (including phenoxy) is 1. The smallest absolute Gasteiger partial charge is 0.165 e. The second-order valence-electron chi connectivity index (χ2n) is 2.80. The van der Waals surface area contributed by atoms with E-state index < -0.39 is 0 Å². The summed E-state index contributed by atoms with van der Waals surface area (Å²) in [5.74, 6) is 0.825. The van der Waals surface area contributed by atoms with Gasteiger partial charge in [-0.25, -0.2) is 4.98 Å². The molecular formula is C8H9ClN4O. The molecule has 5 nitrogen and oxygen atoms in total. The second kappa shape index (κ2) is 3.89. The lowest BCUT2D eigenvalue weighted by Gasteiger charge is -1.97. The third kappa shape index (κ3) is 1.69. The second-order valence-corrected chi connectivity index (χ2v) is 3.19. The van der Waals surface area contributed by atoms with E-state index in [2.05, 4.69) is 15.2 Å². The van der Waals surface area contributed by atoms with Gasteiger partial charge >= 0.3 is 0 Å². The highest BCUT2D eigenvalue weighted by molar-refractivity contribution is 6.29. The predicted molar refractivity (Wildman–Crippen MR) is 51.4 cm³/mol. The number of halogens is 1. The molecular weight excluding hydrogens is 204 g/mol. The van der Waals surface area contributed by atoms with Crippen LogP contribution in [0.1, 0.15) is 5.82 Å². The molecule has 0 fully saturated rings. The van der Waals surface area contributed by atoms with Crippen molar-refractivity contribution < 1.29 is 4.74 Å². The minimum absolute atomic E-state index is 0.420. The highest BCUT2D eigenvalue weighted by Gasteiger charge is 2.05. The standard InChI is InChI=1S/C8H9ClN4O/c1-14-3-2-7-11-12-8-4-6(9)10-5-13(7)8/h4-5H,2-3H2,1H3. The maximum absolute atomic E-state index is 5.72. The van der Waals surface area contributed by atoms with Gasteiger partial charge in [-0.3, -0.25) is 4.40 Å². The lowest BCUT2D eigenvalue weighted by molar-refractivity contribution is 0.200. The molecule has 0 atom stereocenters. The van der Waals surface area contributed by atoms with Crippen LogP contribution in [0.25, 0.3) is 5.65 Å². The van der Waals surface area contributed by atoms with E-state index in [1.807, 2.05) is 0 Å². The monoisotopic (exact) mass is 212 g/mol. The van der Waals surface area contributed by atoms with Gasteiger partial charge in [0.1, 0.15) is 17.3 Å². The molecule has 0 amide bonds. The number of hydrogen-bond donors (Lipinski definition) is 0. The van der Waals surface area contributed by atoms with E-state index >= 15 is 0 Å². The Labute approximate surface area is 85.7 Å². The largest absolute Gasteiger partial charge is 0.384 e. The minimum Gasteiger partial charge on any atom is -0.384 e. The first-order valence-electron chi connectivity index (χ1n) is 4.15. The van der Waals surface area contributed by atoms with Crippen molar-refractivity contribution in [3.8, 4) is 0 Å². The first-order valence-corrected chi connectivity index (χ1v) is 4.53. The Morgan fingerprint density at radius 3 is 3.14 bits per heavy atom. The van der Waals surface area contributed by atoms with E-state index in [1.54, 1.807) is 23.9 Å². The van der Waals surface area contributed by atoms with Gasteiger partial charge in [-0.05, 0) is 0 Å². The van der Waals surface area contributed by atoms with Crippen LogP contribution in [0.5, 0.6) is 0 Å². The van der Waals surface area contributed by atoms with Crippen LogP contribution in [0.2, 0.25) is 5.15 Å². The lowest BCUT2D eigenvalue weighted by Crippen LogP contribution is -2.00. The molecule has 14 heavy (non-hydrogen) atoms. The minimum atomic E-state index is 0.420. The van der Waals surface area contributed by atoms with Gasteiger partial charge in [0.15, 0.2) is 5.65 Å². The molecule has 0 bridgehead atoms. The van der Waals surface area contributed by atoms with Crippen molar-refractivity contribution in [1.82, 2.24) is 19.6 Å². The molecule has 0 aliphatic rings. The zero-order valence-electron chi connectivity index (χ0n) is 7.64. The summed E-state index contributed by atoms with van der Waals surface area (Å²) in [5, 5.41) is 8.39. The van der Waals surface area contributed by atoms with Crippen LogP contribution in [0, 0.1) is 0 Å². The van der Waals surface area contributed by atoms with E-state index in [0.717, 1.165) is 5.82 Å². The van der Waals surface area contributed by atoms with Gasteiger partial charge in [0.05, 0.1) is 6.61 Å². The molecule has 0 aliphatic heterocycles.